The molecule has 0 unspecified atom stereocenters. The van der Waals surface area contributed by atoms with E-state index in [1.165, 1.54) is 12.1 Å². The Bertz CT molecular complexity index is 941. The molecule has 5 nitrogen and oxygen atoms in total. The molecule has 2 N–H and O–H groups in total. The van der Waals surface area contributed by atoms with E-state index in [-0.39, 0.29) is 23.1 Å². The molecule has 1 heterocycles. The molecule has 2 aromatic carbocycles. The molecule has 0 aliphatic heterocycles. The second-order valence-corrected chi connectivity index (χ2v) is 6.63. The summed E-state index contributed by atoms with van der Waals surface area (Å²) in [6.07, 6.45) is 1.54. The van der Waals surface area contributed by atoms with Gasteiger partial charge in [-0.2, -0.15) is 0 Å². The Hall–Kier alpha value is -2.31. The van der Waals surface area contributed by atoms with Crippen LogP contribution in [0.15, 0.2) is 59.6 Å². The first kappa shape index (κ1) is 17.1. The number of phenolic OH excluding ortho intramolecular Hbond substituents is 1. The van der Waals surface area contributed by atoms with Gasteiger partial charge in [0.05, 0.1) is 10.6 Å². The largest absolute Gasteiger partial charge is 0.506 e. The average molecular weight is 351 g/mol. The quantitative estimate of drug-likeness (QED) is 0.709. The minimum atomic E-state index is -3.69. The smallest absolute Gasteiger partial charge is 0.261 e. The summed E-state index contributed by atoms with van der Waals surface area (Å²) >= 11 is 0. The van der Waals surface area contributed by atoms with Crippen LogP contribution < -0.4 is 4.72 Å². The number of nitrogens with zero attached hydrogens (tertiary/aromatic N) is 1. The monoisotopic (exact) mass is 350 g/mol. The van der Waals surface area contributed by atoms with E-state index in [0.29, 0.717) is 16.6 Å². The van der Waals surface area contributed by atoms with Gasteiger partial charge < -0.3 is 5.11 Å². The summed E-state index contributed by atoms with van der Waals surface area (Å²) in [5.74, 6) is 0.00823. The maximum atomic E-state index is 12.4. The predicted molar refractivity (Wildman–Crippen MR) is 92.6 cm³/mol. The number of halogens is 1. The Kier molecular flexibility index (Phi) is 4.77. The number of pyridine rings is 1. The standard InChI is InChI=1S/C16H14N2O3S.ClH/c1-11-4-6-12(7-5-11)22(20,21)18-14-8-9-15(19)16-13(14)3-2-10-17-16;/h2-10,18-19H,1H3;1H. The summed E-state index contributed by atoms with van der Waals surface area (Å²) < 4.78 is 27.4. The molecule has 3 rings (SSSR count). The molecule has 3 aromatic rings. The van der Waals surface area contributed by atoms with E-state index in [1.807, 2.05) is 6.92 Å². The highest BCUT2D eigenvalue weighted by molar-refractivity contribution is 7.92. The molecule has 23 heavy (non-hydrogen) atoms. The number of rotatable bonds is 3. The van der Waals surface area contributed by atoms with E-state index >= 15 is 0 Å². The lowest BCUT2D eigenvalue weighted by atomic mass is 10.2. The van der Waals surface area contributed by atoms with Crippen molar-refractivity contribution in [2.24, 2.45) is 0 Å². The zero-order chi connectivity index (χ0) is 15.7. The molecule has 1 aromatic heterocycles. The van der Waals surface area contributed by atoms with Crippen molar-refractivity contribution in [2.75, 3.05) is 4.72 Å². The number of anilines is 1. The van der Waals surface area contributed by atoms with E-state index in [4.69, 9.17) is 0 Å². The number of hydrogen-bond donors (Lipinski definition) is 2. The van der Waals surface area contributed by atoms with Gasteiger partial charge in [-0.05, 0) is 43.3 Å². The molecular weight excluding hydrogens is 336 g/mol. The van der Waals surface area contributed by atoms with Crippen molar-refractivity contribution in [3.63, 3.8) is 0 Å². The van der Waals surface area contributed by atoms with Gasteiger partial charge in [0.15, 0.2) is 0 Å². The normalized spacial score (nSPS) is 11.0. The van der Waals surface area contributed by atoms with E-state index in [1.54, 1.807) is 42.6 Å². The molecule has 0 amide bonds. The Morgan fingerprint density at radius 2 is 1.74 bits per heavy atom. The Labute approximate surface area is 140 Å². The number of aryl methyl sites for hydroxylation is 1. The van der Waals surface area contributed by atoms with Crippen molar-refractivity contribution in [1.82, 2.24) is 4.98 Å². The zero-order valence-corrected chi connectivity index (χ0v) is 13.9. The molecule has 120 valence electrons. The highest BCUT2D eigenvalue weighted by Gasteiger charge is 2.16. The lowest BCUT2D eigenvalue weighted by molar-refractivity contribution is 0.480. The molecule has 0 aliphatic carbocycles. The van der Waals surface area contributed by atoms with Crippen molar-refractivity contribution in [1.29, 1.82) is 0 Å². The van der Waals surface area contributed by atoms with Crippen LogP contribution in [0.3, 0.4) is 0 Å². The van der Waals surface area contributed by atoms with Gasteiger partial charge in [0.2, 0.25) is 0 Å². The number of aromatic hydroxyl groups is 1. The minimum Gasteiger partial charge on any atom is -0.506 e. The van der Waals surface area contributed by atoms with Crippen LogP contribution in [0.25, 0.3) is 10.9 Å². The Morgan fingerprint density at radius 3 is 2.43 bits per heavy atom. The van der Waals surface area contributed by atoms with Gasteiger partial charge in [-0.3, -0.25) is 9.71 Å². The summed E-state index contributed by atoms with van der Waals surface area (Å²) in [6, 6.07) is 12.9. The fourth-order valence-corrected chi connectivity index (χ4v) is 3.25. The van der Waals surface area contributed by atoms with Crippen LogP contribution in [-0.4, -0.2) is 18.5 Å². The van der Waals surface area contributed by atoms with Crippen LogP contribution in [-0.2, 0) is 10.0 Å². The highest BCUT2D eigenvalue weighted by Crippen LogP contribution is 2.30. The number of hydrogen-bond acceptors (Lipinski definition) is 4. The van der Waals surface area contributed by atoms with Crippen molar-refractivity contribution < 1.29 is 13.5 Å². The maximum absolute atomic E-state index is 12.4. The van der Waals surface area contributed by atoms with Crippen LogP contribution in [0, 0.1) is 6.92 Å². The van der Waals surface area contributed by atoms with Crippen molar-refractivity contribution in [3.05, 3.63) is 60.3 Å². The molecule has 0 bridgehead atoms. The lowest BCUT2D eigenvalue weighted by Gasteiger charge is -2.11. The number of sulfonamides is 1. The number of fused-ring (bicyclic) bond motifs is 1. The van der Waals surface area contributed by atoms with Crippen molar-refractivity contribution >= 4 is 39.0 Å². The van der Waals surface area contributed by atoms with Gasteiger partial charge in [-0.25, -0.2) is 8.42 Å². The number of nitrogens with one attached hydrogen (secondary N) is 1. The molecule has 0 atom stereocenters. The first-order valence-corrected chi connectivity index (χ1v) is 8.12. The van der Waals surface area contributed by atoms with E-state index in [9.17, 15) is 13.5 Å². The summed E-state index contributed by atoms with van der Waals surface area (Å²) in [5, 5.41) is 10.3. The summed E-state index contributed by atoms with van der Waals surface area (Å²) in [5.41, 5.74) is 1.71. The number of aromatic nitrogens is 1. The van der Waals surface area contributed by atoms with Gasteiger partial charge in [0.25, 0.3) is 10.0 Å². The fraction of sp³-hybridized carbons (Fsp3) is 0.0625. The predicted octanol–water partition coefficient (Wildman–Crippen LogP) is 3.47. The summed E-state index contributed by atoms with van der Waals surface area (Å²) in [7, 11) is -3.69. The topological polar surface area (TPSA) is 79.3 Å². The molecule has 7 heteroatoms. The molecular formula is C16H15ClN2O3S. The first-order chi connectivity index (χ1) is 10.5. The molecule has 0 saturated heterocycles. The third kappa shape index (κ3) is 3.38. The third-order valence-corrected chi connectivity index (χ3v) is 4.71. The molecule has 0 radical (unpaired) electrons. The minimum absolute atomic E-state index is 0. The molecule has 0 spiro atoms. The zero-order valence-electron chi connectivity index (χ0n) is 12.2. The first-order valence-electron chi connectivity index (χ1n) is 6.63. The van der Waals surface area contributed by atoms with Crippen LogP contribution in [0.1, 0.15) is 5.56 Å². The van der Waals surface area contributed by atoms with E-state index in [0.717, 1.165) is 5.56 Å². The van der Waals surface area contributed by atoms with Gasteiger partial charge in [0, 0.05) is 11.6 Å². The fourth-order valence-electron chi connectivity index (χ4n) is 2.17. The maximum Gasteiger partial charge on any atom is 0.261 e. The van der Waals surface area contributed by atoms with Gasteiger partial charge >= 0.3 is 0 Å². The number of phenols is 1. The van der Waals surface area contributed by atoms with Crippen molar-refractivity contribution in [2.45, 2.75) is 11.8 Å². The second-order valence-electron chi connectivity index (χ2n) is 4.95. The van der Waals surface area contributed by atoms with Crippen LogP contribution >= 0.6 is 12.4 Å². The van der Waals surface area contributed by atoms with Gasteiger partial charge in [0.1, 0.15) is 11.3 Å². The van der Waals surface area contributed by atoms with Gasteiger partial charge in [-0.15, -0.1) is 12.4 Å². The van der Waals surface area contributed by atoms with Gasteiger partial charge in [-0.1, -0.05) is 17.7 Å². The second kappa shape index (κ2) is 6.44. The van der Waals surface area contributed by atoms with Crippen LogP contribution in [0.4, 0.5) is 5.69 Å². The summed E-state index contributed by atoms with van der Waals surface area (Å²) in [6.45, 7) is 1.89. The number of benzene rings is 2. The average Bonchev–Trinajstić information content (AvgIpc) is 2.51. The molecule has 0 aliphatic rings. The highest BCUT2D eigenvalue weighted by atomic mass is 35.5. The van der Waals surface area contributed by atoms with Crippen LogP contribution in [0.5, 0.6) is 5.75 Å². The van der Waals surface area contributed by atoms with E-state index < -0.39 is 10.0 Å². The SMILES string of the molecule is Cc1ccc(S(=O)(=O)Nc2ccc(O)c3ncccc23)cc1.Cl. The molecule has 0 fully saturated rings. The third-order valence-electron chi connectivity index (χ3n) is 3.32. The summed E-state index contributed by atoms with van der Waals surface area (Å²) in [4.78, 5) is 4.25. The van der Waals surface area contributed by atoms with E-state index in [2.05, 4.69) is 9.71 Å². The van der Waals surface area contributed by atoms with Crippen molar-refractivity contribution in [3.8, 4) is 5.75 Å². The Morgan fingerprint density at radius 1 is 1.04 bits per heavy atom. The lowest BCUT2D eigenvalue weighted by Crippen LogP contribution is -2.13. The van der Waals surface area contributed by atoms with Crippen LogP contribution in [0.2, 0.25) is 0 Å². The molecule has 0 saturated carbocycles. The Balaban J connectivity index is 0.00000192.